The highest BCUT2D eigenvalue weighted by Crippen LogP contribution is 2.43. The van der Waals surface area contributed by atoms with Gasteiger partial charge in [-0.05, 0) is 82.2 Å². The molecule has 0 radical (unpaired) electrons. The number of hydrogen-bond acceptors (Lipinski definition) is 5. The van der Waals surface area contributed by atoms with Gasteiger partial charge in [0.05, 0.1) is 0 Å². The Hall–Kier alpha value is -8.15. The van der Waals surface area contributed by atoms with E-state index in [1.54, 1.807) is 0 Å². The molecule has 0 N–H and O–H groups in total. The van der Waals surface area contributed by atoms with Crippen molar-refractivity contribution in [1.29, 1.82) is 0 Å². The molecule has 0 fully saturated rings. The lowest BCUT2D eigenvalue weighted by Gasteiger charge is -2.26. The smallest absolute Gasteiger partial charge is 0.164 e. The van der Waals surface area contributed by atoms with E-state index in [1.165, 1.54) is 11.1 Å². The number of anilines is 3. The molecule has 282 valence electrons. The lowest BCUT2D eigenvalue weighted by atomic mass is 9.94. The van der Waals surface area contributed by atoms with Crippen molar-refractivity contribution < 1.29 is 4.42 Å². The maximum atomic E-state index is 6.66. The summed E-state index contributed by atoms with van der Waals surface area (Å²) >= 11 is 0. The average Bonchev–Trinajstić information content (AvgIpc) is 3.72. The fraction of sp³-hybridized carbons (Fsp3) is 0. The van der Waals surface area contributed by atoms with E-state index in [4.69, 9.17) is 19.4 Å². The second-order valence-corrected chi connectivity index (χ2v) is 14.8. The van der Waals surface area contributed by atoms with Crippen LogP contribution in [0.2, 0.25) is 0 Å². The van der Waals surface area contributed by atoms with Gasteiger partial charge in [-0.25, -0.2) is 15.0 Å². The van der Waals surface area contributed by atoms with Crippen LogP contribution in [0.1, 0.15) is 0 Å². The molecular weight excluding hydrogens is 733 g/mol. The number of hydrogen-bond donors (Lipinski definition) is 0. The largest absolute Gasteiger partial charge is 0.455 e. The van der Waals surface area contributed by atoms with Crippen molar-refractivity contribution in [2.24, 2.45) is 0 Å². The van der Waals surface area contributed by atoms with Crippen LogP contribution in [0.5, 0.6) is 0 Å². The van der Waals surface area contributed by atoms with Gasteiger partial charge in [-0.1, -0.05) is 164 Å². The summed E-state index contributed by atoms with van der Waals surface area (Å²) in [5, 5.41) is 4.21. The van der Waals surface area contributed by atoms with E-state index < -0.39 is 0 Å². The van der Waals surface area contributed by atoms with E-state index in [0.717, 1.165) is 77.6 Å². The van der Waals surface area contributed by atoms with Crippen LogP contribution in [-0.2, 0) is 0 Å². The van der Waals surface area contributed by atoms with Crippen molar-refractivity contribution in [1.82, 2.24) is 15.0 Å². The Morgan fingerprint density at radius 2 is 0.733 bits per heavy atom. The molecule has 0 aliphatic carbocycles. The standard InChI is InChI=1S/C55H36N4O/c1-5-15-37(16-6-1)38-25-30-44(31-26-38)59(43-21-11-4-12-22-43)45-32-27-39(28-33-45)48-36-50-47-23-13-14-24-51(47)60-52(50)49-35-42(29-34-46(48)49)55-57-53(40-17-7-2-8-18-40)56-54(58-55)41-19-9-3-10-20-41/h1-36H. The Morgan fingerprint density at radius 3 is 1.33 bits per heavy atom. The first kappa shape index (κ1) is 35.0. The highest BCUT2D eigenvalue weighted by molar-refractivity contribution is 6.19. The van der Waals surface area contributed by atoms with Gasteiger partial charge < -0.3 is 9.32 Å². The Kier molecular flexibility index (Phi) is 8.75. The van der Waals surface area contributed by atoms with Gasteiger partial charge in [0.15, 0.2) is 17.5 Å². The summed E-state index contributed by atoms with van der Waals surface area (Å²) in [6, 6.07) is 75.9. The molecule has 2 heterocycles. The summed E-state index contributed by atoms with van der Waals surface area (Å²) in [6.45, 7) is 0. The van der Waals surface area contributed by atoms with E-state index in [9.17, 15) is 0 Å². The molecule has 0 aliphatic heterocycles. The molecular formula is C55H36N4O. The first-order chi connectivity index (χ1) is 29.7. The van der Waals surface area contributed by atoms with Gasteiger partial charge in [0.2, 0.25) is 0 Å². The minimum absolute atomic E-state index is 0.599. The monoisotopic (exact) mass is 768 g/mol. The zero-order chi connectivity index (χ0) is 39.8. The SMILES string of the molecule is c1ccc(-c2ccc(N(c3ccccc3)c3ccc(-c4cc5c6ccccc6oc5c5cc(-c6nc(-c7ccccc7)nc(-c7ccccc7)n6)ccc45)cc3)cc2)cc1. The van der Waals surface area contributed by atoms with Crippen LogP contribution in [0.15, 0.2) is 223 Å². The maximum Gasteiger partial charge on any atom is 0.164 e. The van der Waals surface area contributed by atoms with E-state index in [1.807, 2.05) is 72.8 Å². The molecule has 0 spiro atoms. The molecule has 0 saturated heterocycles. The zero-order valence-corrected chi connectivity index (χ0v) is 32.5. The van der Waals surface area contributed by atoms with Crippen LogP contribution < -0.4 is 4.90 Å². The number of rotatable bonds is 8. The van der Waals surface area contributed by atoms with Crippen molar-refractivity contribution in [2.75, 3.05) is 4.90 Å². The van der Waals surface area contributed by atoms with Gasteiger partial charge in [0, 0.05) is 49.9 Å². The topological polar surface area (TPSA) is 55.1 Å². The van der Waals surface area contributed by atoms with E-state index in [0.29, 0.717) is 17.5 Å². The Bertz CT molecular complexity index is 3220. The Morgan fingerprint density at radius 1 is 0.300 bits per heavy atom. The average molecular weight is 769 g/mol. The number of benzene rings is 9. The van der Waals surface area contributed by atoms with Gasteiger partial charge in [0.1, 0.15) is 11.2 Å². The third-order valence-electron chi connectivity index (χ3n) is 11.1. The van der Waals surface area contributed by atoms with E-state index in [2.05, 4.69) is 150 Å². The highest BCUT2D eigenvalue weighted by atomic mass is 16.3. The minimum Gasteiger partial charge on any atom is -0.455 e. The normalized spacial score (nSPS) is 11.3. The second kappa shape index (κ2) is 15.0. The number of para-hydroxylation sites is 2. The van der Waals surface area contributed by atoms with Crippen LogP contribution >= 0.6 is 0 Å². The molecule has 0 atom stereocenters. The van der Waals surface area contributed by atoms with Crippen LogP contribution in [0, 0.1) is 0 Å². The van der Waals surface area contributed by atoms with Crippen LogP contribution in [0.25, 0.3) is 89.1 Å². The maximum absolute atomic E-state index is 6.66. The zero-order valence-electron chi connectivity index (χ0n) is 32.5. The van der Waals surface area contributed by atoms with Gasteiger partial charge in [-0.15, -0.1) is 0 Å². The first-order valence-corrected chi connectivity index (χ1v) is 20.1. The summed E-state index contributed by atoms with van der Waals surface area (Å²) < 4.78 is 6.66. The van der Waals surface area contributed by atoms with E-state index >= 15 is 0 Å². The predicted molar refractivity (Wildman–Crippen MR) is 246 cm³/mol. The molecule has 0 bridgehead atoms. The quantitative estimate of drug-likeness (QED) is 0.154. The second-order valence-electron chi connectivity index (χ2n) is 14.8. The summed E-state index contributed by atoms with van der Waals surface area (Å²) in [5.74, 6) is 1.85. The lowest BCUT2D eigenvalue weighted by molar-refractivity contribution is 0.672. The lowest BCUT2D eigenvalue weighted by Crippen LogP contribution is -2.09. The molecule has 0 saturated carbocycles. The number of aromatic nitrogens is 3. The molecule has 9 aromatic carbocycles. The number of fused-ring (bicyclic) bond motifs is 5. The number of furan rings is 1. The highest BCUT2D eigenvalue weighted by Gasteiger charge is 2.19. The summed E-state index contributed by atoms with van der Waals surface area (Å²) in [7, 11) is 0. The summed E-state index contributed by atoms with van der Waals surface area (Å²) in [5.41, 5.74) is 12.3. The fourth-order valence-electron chi connectivity index (χ4n) is 8.16. The third-order valence-corrected chi connectivity index (χ3v) is 11.1. The molecule has 11 aromatic rings. The van der Waals surface area contributed by atoms with Crippen molar-refractivity contribution in [3.8, 4) is 56.4 Å². The molecule has 0 aliphatic rings. The predicted octanol–water partition coefficient (Wildman–Crippen LogP) is 14.7. The summed E-state index contributed by atoms with van der Waals surface area (Å²) in [6.07, 6.45) is 0. The molecule has 60 heavy (non-hydrogen) atoms. The third kappa shape index (κ3) is 6.45. The molecule has 5 nitrogen and oxygen atoms in total. The van der Waals surface area contributed by atoms with Crippen molar-refractivity contribution in [3.05, 3.63) is 218 Å². The minimum atomic E-state index is 0.599. The van der Waals surface area contributed by atoms with Crippen LogP contribution in [-0.4, -0.2) is 15.0 Å². The Labute approximate surface area is 347 Å². The van der Waals surface area contributed by atoms with E-state index in [-0.39, 0.29) is 0 Å². The van der Waals surface area contributed by atoms with Crippen molar-refractivity contribution in [3.63, 3.8) is 0 Å². The first-order valence-electron chi connectivity index (χ1n) is 20.1. The van der Waals surface area contributed by atoms with Crippen LogP contribution in [0.4, 0.5) is 17.1 Å². The fourth-order valence-corrected chi connectivity index (χ4v) is 8.16. The van der Waals surface area contributed by atoms with Gasteiger partial charge in [-0.3, -0.25) is 0 Å². The summed E-state index contributed by atoms with van der Waals surface area (Å²) in [4.78, 5) is 17.3. The molecule has 0 amide bonds. The molecule has 2 aromatic heterocycles. The van der Waals surface area contributed by atoms with Crippen molar-refractivity contribution in [2.45, 2.75) is 0 Å². The number of nitrogens with zero attached hydrogens (tertiary/aromatic N) is 4. The molecule has 11 rings (SSSR count). The van der Waals surface area contributed by atoms with Gasteiger partial charge in [0.25, 0.3) is 0 Å². The van der Waals surface area contributed by atoms with Crippen molar-refractivity contribution >= 4 is 49.8 Å². The van der Waals surface area contributed by atoms with Gasteiger partial charge in [-0.2, -0.15) is 0 Å². The Balaban J connectivity index is 1.05. The van der Waals surface area contributed by atoms with Gasteiger partial charge >= 0.3 is 0 Å². The molecule has 0 unspecified atom stereocenters. The van der Waals surface area contributed by atoms with Crippen LogP contribution in [0.3, 0.4) is 0 Å². The molecule has 5 heteroatoms.